The average molecular weight is 337 g/mol. The molecule has 0 aliphatic carbocycles. The van der Waals surface area contributed by atoms with Crippen molar-refractivity contribution in [3.8, 4) is 0 Å². The number of carbonyl (C=O) groups excluding carboxylic acids is 1. The first-order chi connectivity index (χ1) is 11.1. The van der Waals surface area contributed by atoms with Crippen LogP contribution in [0.4, 0.5) is 0 Å². The van der Waals surface area contributed by atoms with E-state index in [0.29, 0.717) is 13.0 Å². The molecule has 0 radical (unpaired) electrons. The molecular formula is C16H23N3O3S. The normalized spacial score (nSPS) is 23.3. The highest BCUT2D eigenvalue weighted by Gasteiger charge is 2.33. The van der Waals surface area contributed by atoms with E-state index in [1.54, 1.807) is 11.3 Å². The van der Waals surface area contributed by atoms with E-state index >= 15 is 0 Å². The first kappa shape index (κ1) is 16.4. The molecule has 1 aromatic rings. The van der Waals surface area contributed by atoms with Gasteiger partial charge in [0.1, 0.15) is 6.04 Å². The predicted molar refractivity (Wildman–Crippen MR) is 88.4 cm³/mol. The van der Waals surface area contributed by atoms with Gasteiger partial charge in [-0.25, -0.2) is 0 Å². The molecule has 1 aromatic heterocycles. The van der Waals surface area contributed by atoms with Crippen molar-refractivity contribution >= 4 is 23.2 Å². The number of amides is 1. The minimum Gasteiger partial charge on any atom is -0.480 e. The van der Waals surface area contributed by atoms with E-state index < -0.39 is 12.0 Å². The molecule has 2 aliphatic heterocycles. The van der Waals surface area contributed by atoms with Crippen LogP contribution in [0.3, 0.4) is 0 Å². The number of thiophene rings is 1. The number of piperazine rings is 1. The molecule has 3 heterocycles. The van der Waals surface area contributed by atoms with Gasteiger partial charge in [0.2, 0.25) is 5.91 Å². The van der Waals surface area contributed by atoms with E-state index in [2.05, 4.69) is 22.4 Å². The lowest BCUT2D eigenvalue weighted by molar-refractivity contribution is -0.143. The maximum atomic E-state index is 12.4. The first-order valence-corrected chi connectivity index (χ1v) is 9.01. The molecule has 23 heavy (non-hydrogen) atoms. The zero-order chi connectivity index (χ0) is 16.2. The van der Waals surface area contributed by atoms with Gasteiger partial charge in [-0.15, -0.1) is 11.3 Å². The van der Waals surface area contributed by atoms with Gasteiger partial charge in [0, 0.05) is 37.6 Å². The highest BCUT2D eigenvalue weighted by atomic mass is 32.1. The van der Waals surface area contributed by atoms with Gasteiger partial charge in [-0.2, -0.15) is 0 Å². The monoisotopic (exact) mass is 337 g/mol. The number of hydrogen-bond donors (Lipinski definition) is 1. The molecule has 1 amide bonds. The summed E-state index contributed by atoms with van der Waals surface area (Å²) in [6.07, 6.45) is 1.51. The summed E-state index contributed by atoms with van der Waals surface area (Å²) in [5, 5.41) is 11.3. The third kappa shape index (κ3) is 4.10. The molecule has 1 N–H and O–H groups in total. The van der Waals surface area contributed by atoms with Crippen molar-refractivity contribution in [3.63, 3.8) is 0 Å². The van der Waals surface area contributed by atoms with Crippen molar-refractivity contribution in [1.29, 1.82) is 0 Å². The molecule has 0 spiro atoms. The van der Waals surface area contributed by atoms with E-state index in [-0.39, 0.29) is 12.5 Å². The van der Waals surface area contributed by atoms with Crippen LogP contribution >= 0.6 is 11.3 Å². The number of nitrogens with zero attached hydrogens (tertiary/aromatic N) is 3. The molecular weight excluding hydrogens is 314 g/mol. The first-order valence-electron chi connectivity index (χ1n) is 8.13. The maximum Gasteiger partial charge on any atom is 0.320 e. The van der Waals surface area contributed by atoms with Gasteiger partial charge in [-0.3, -0.25) is 19.4 Å². The Bertz CT molecular complexity index is 541. The van der Waals surface area contributed by atoms with Gasteiger partial charge >= 0.3 is 5.97 Å². The fourth-order valence-corrected chi connectivity index (χ4v) is 4.09. The molecule has 1 atom stereocenters. The molecule has 2 fully saturated rings. The minimum atomic E-state index is -0.809. The van der Waals surface area contributed by atoms with E-state index in [0.717, 1.165) is 39.1 Å². The molecule has 7 heteroatoms. The van der Waals surface area contributed by atoms with Gasteiger partial charge in [0.15, 0.2) is 0 Å². The lowest BCUT2D eigenvalue weighted by atomic mass is 10.2. The Labute approximate surface area is 140 Å². The van der Waals surface area contributed by atoms with Crippen LogP contribution in [0.25, 0.3) is 0 Å². The smallest absolute Gasteiger partial charge is 0.320 e. The van der Waals surface area contributed by atoms with Gasteiger partial charge in [0.25, 0.3) is 0 Å². The van der Waals surface area contributed by atoms with E-state index in [1.807, 2.05) is 9.80 Å². The zero-order valence-electron chi connectivity index (χ0n) is 13.2. The molecule has 0 aromatic carbocycles. The lowest BCUT2D eigenvalue weighted by Crippen LogP contribution is -2.51. The summed E-state index contributed by atoms with van der Waals surface area (Å²) in [6, 6.07) is 3.72. The number of hydrogen-bond acceptors (Lipinski definition) is 5. The summed E-state index contributed by atoms with van der Waals surface area (Å²) in [5.74, 6) is -0.745. The van der Waals surface area contributed by atoms with Crippen molar-refractivity contribution < 1.29 is 14.7 Å². The van der Waals surface area contributed by atoms with Crippen molar-refractivity contribution in [3.05, 3.63) is 22.4 Å². The van der Waals surface area contributed by atoms with Crippen LogP contribution in [-0.4, -0.2) is 77.0 Å². The third-order valence-corrected chi connectivity index (χ3v) is 5.53. The van der Waals surface area contributed by atoms with Gasteiger partial charge < -0.3 is 10.0 Å². The van der Waals surface area contributed by atoms with Crippen LogP contribution in [0.15, 0.2) is 17.5 Å². The highest BCUT2D eigenvalue weighted by Crippen LogP contribution is 2.18. The summed E-state index contributed by atoms with van der Waals surface area (Å²) < 4.78 is 0. The van der Waals surface area contributed by atoms with Crippen molar-refractivity contribution in [1.82, 2.24) is 14.7 Å². The zero-order valence-corrected chi connectivity index (χ0v) is 14.0. The van der Waals surface area contributed by atoms with E-state index in [9.17, 15) is 14.7 Å². The number of likely N-dealkylation sites (tertiary alicyclic amines) is 1. The topological polar surface area (TPSA) is 64.1 Å². The molecule has 6 nitrogen and oxygen atoms in total. The molecule has 3 rings (SSSR count). The summed E-state index contributed by atoms with van der Waals surface area (Å²) in [5.41, 5.74) is 0. The second-order valence-electron chi connectivity index (χ2n) is 6.20. The third-order valence-electron chi connectivity index (χ3n) is 4.67. The van der Waals surface area contributed by atoms with E-state index in [4.69, 9.17) is 0 Å². The Balaban J connectivity index is 1.45. The SMILES string of the molecule is O=C(O)[C@@H]1CCCN1CC(=O)N1CCN(Cc2cccs2)CC1. The summed E-state index contributed by atoms with van der Waals surface area (Å²) in [4.78, 5) is 31.0. The standard InChI is InChI=1S/C16H23N3O3S/c20-15(12-19-5-1-4-14(19)16(21)22)18-8-6-17(7-9-18)11-13-3-2-10-23-13/h2-3,10,14H,1,4-9,11-12H2,(H,21,22)/t14-/m0/s1. The van der Waals surface area contributed by atoms with E-state index in [1.165, 1.54) is 4.88 Å². The Kier molecular flexibility index (Phi) is 5.30. The molecule has 0 unspecified atom stereocenters. The number of carboxylic acids is 1. The van der Waals surface area contributed by atoms with Crippen molar-refractivity contribution in [2.24, 2.45) is 0 Å². The van der Waals surface area contributed by atoms with Gasteiger partial charge in [-0.1, -0.05) is 6.07 Å². The second-order valence-corrected chi connectivity index (χ2v) is 7.24. The predicted octanol–water partition coefficient (Wildman–Crippen LogP) is 0.941. The van der Waals surface area contributed by atoms with Gasteiger partial charge in [0.05, 0.1) is 6.54 Å². The quantitative estimate of drug-likeness (QED) is 0.866. The Morgan fingerprint density at radius 1 is 1.22 bits per heavy atom. The summed E-state index contributed by atoms with van der Waals surface area (Å²) >= 11 is 1.76. The fraction of sp³-hybridized carbons (Fsp3) is 0.625. The molecule has 2 aliphatic rings. The fourth-order valence-electron chi connectivity index (χ4n) is 3.35. The van der Waals surface area contributed by atoms with Crippen LogP contribution in [0, 0.1) is 0 Å². The Hall–Kier alpha value is -1.44. The Morgan fingerprint density at radius 2 is 2.00 bits per heavy atom. The van der Waals surface area contributed by atoms with Gasteiger partial charge in [-0.05, 0) is 30.8 Å². The van der Waals surface area contributed by atoms with Crippen LogP contribution < -0.4 is 0 Å². The van der Waals surface area contributed by atoms with Crippen LogP contribution in [-0.2, 0) is 16.1 Å². The second kappa shape index (κ2) is 7.42. The van der Waals surface area contributed by atoms with Crippen molar-refractivity contribution in [2.45, 2.75) is 25.4 Å². The maximum absolute atomic E-state index is 12.4. The van der Waals surface area contributed by atoms with Crippen LogP contribution in [0.1, 0.15) is 17.7 Å². The molecule has 0 saturated carbocycles. The molecule has 2 saturated heterocycles. The largest absolute Gasteiger partial charge is 0.480 e. The Morgan fingerprint density at radius 3 is 2.65 bits per heavy atom. The number of carboxylic acid groups (broad SMARTS) is 1. The molecule has 126 valence electrons. The van der Waals surface area contributed by atoms with Crippen LogP contribution in [0.5, 0.6) is 0 Å². The summed E-state index contributed by atoms with van der Waals surface area (Å²) in [6.45, 7) is 5.12. The molecule has 0 bridgehead atoms. The summed E-state index contributed by atoms with van der Waals surface area (Å²) in [7, 11) is 0. The van der Waals surface area contributed by atoms with Crippen LogP contribution in [0.2, 0.25) is 0 Å². The average Bonchev–Trinajstić information content (AvgIpc) is 3.19. The number of rotatable bonds is 5. The number of aliphatic carboxylic acids is 1. The number of carbonyl (C=O) groups is 2. The lowest BCUT2D eigenvalue weighted by Gasteiger charge is -2.35. The highest BCUT2D eigenvalue weighted by molar-refractivity contribution is 7.09. The van der Waals surface area contributed by atoms with Crippen molar-refractivity contribution in [2.75, 3.05) is 39.3 Å². The minimum absolute atomic E-state index is 0.0638.